The van der Waals surface area contributed by atoms with Crippen molar-refractivity contribution in [2.45, 2.75) is 31.7 Å². The molecule has 0 bridgehead atoms. The summed E-state index contributed by atoms with van der Waals surface area (Å²) in [7, 11) is -4.22. The summed E-state index contributed by atoms with van der Waals surface area (Å²) in [4.78, 5) is 14.2. The normalized spacial score (nSPS) is 13.1. The van der Waals surface area contributed by atoms with Crippen molar-refractivity contribution in [2.75, 3.05) is 24.4 Å². The highest BCUT2D eigenvalue weighted by Crippen LogP contribution is 2.36. The minimum absolute atomic E-state index is 0.0355. The molecule has 10 heteroatoms. The van der Waals surface area contributed by atoms with E-state index in [1.54, 1.807) is 35.2 Å². The van der Waals surface area contributed by atoms with E-state index in [0.29, 0.717) is 30.6 Å². The van der Waals surface area contributed by atoms with Gasteiger partial charge in [-0.25, -0.2) is 17.6 Å². The molecule has 1 aliphatic rings. The second-order valence-electron chi connectivity index (χ2n) is 8.18. The zero-order valence-corrected chi connectivity index (χ0v) is 20.3. The van der Waals surface area contributed by atoms with Gasteiger partial charge in [0.2, 0.25) is 0 Å². The fraction of sp³-hybridized carbons (Fsp3) is 0.280. The maximum Gasteiger partial charge on any atom is 0.338 e. The van der Waals surface area contributed by atoms with Crippen LogP contribution in [0, 0.1) is 5.82 Å². The monoisotopic (exact) mass is 498 g/mol. The molecule has 0 atom stereocenters. The Morgan fingerprint density at radius 1 is 1.23 bits per heavy atom. The summed E-state index contributed by atoms with van der Waals surface area (Å²) in [5, 5.41) is 14.2. The molecule has 0 aliphatic carbocycles. The molecule has 0 radical (unpaired) electrons. The molecule has 0 saturated carbocycles. The van der Waals surface area contributed by atoms with Crippen molar-refractivity contribution in [2.24, 2.45) is 0 Å². The molecule has 2 heterocycles. The number of nitrogens with zero attached hydrogens (tertiary/aromatic N) is 3. The van der Waals surface area contributed by atoms with Crippen LogP contribution in [0.3, 0.4) is 0 Å². The lowest BCUT2D eigenvalue weighted by molar-refractivity contribution is 0.0696. The molecule has 184 valence electrons. The lowest BCUT2D eigenvalue weighted by Crippen LogP contribution is -2.22. The summed E-state index contributed by atoms with van der Waals surface area (Å²) in [5.74, 6) is -1.80. The number of carbonyl (C=O) groups is 1. The SMILES string of the molecule is CCN(CC)C/C=C\c1cc(F)ccc1S(=O)(=O)Nc1ccc2c(c1C(=O)O)CCn1nccc1-2. The number of halogens is 1. The fourth-order valence-electron chi connectivity index (χ4n) is 4.34. The smallest absolute Gasteiger partial charge is 0.338 e. The molecule has 0 amide bonds. The third-order valence-electron chi connectivity index (χ3n) is 6.15. The average Bonchev–Trinajstić information content (AvgIpc) is 3.30. The van der Waals surface area contributed by atoms with Crippen molar-refractivity contribution in [1.29, 1.82) is 0 Å². The number of aromatic nitrogens is 2. The largest absolute Gasteiger partial charge is 0.478 e. The van der Waals surface area contributed by atoms with Gasteiger partial charge in [0.25, 0.3) is 10.0 Å². The van der Waals surface area contributed by atoms with Gasteiger partial charge < -0.3 is 10.0 Å². The third-order valence-corrected chi connectivity index (χ3v) is 7.59. The number of likely N-dealkylation sites (N-methyl/N-ethyl adjacent to an activating group) is 1. The first-order valence-corrected chi connectivity index (χ1v) is 12.9. The highest BCUT2D eigenvalue weighted by atomic mass is 32.2. The van der Waals surface area contributed by atoms with Crippen molar-refractivity contribution >= 4 is 27.8 Å². The summed E-state index contributed by atoms with van der Waals surface area (Å²) in [6.45, 7) is 6.77. The molecular weight excluding hydrogens is 471 g/mol. The molecule has 3 aromatic rings. The van der Waals surface area contributed by atoms with Gasteiger partial charge in [-0.3, -0.25) is 9.40 Å². The molecule has 1 aliphatic heterocycles. The third kappa shape index (κ3) is 4.98. The van der Waals surface area contributed by atoms with Crippen LogP contribution in [0.4, 0.5) is 10.1 Å². The predicted molar refractivity (Wildman–Crippen MR) is 132 cm³/mol. The van der Waals surface area contributed by atoms with Crippen LogP contribution in [0.5, 0.6) is 0 Å². The molecule has 2 N–H and O–H groups in total. The minimum atomic E-state index is -4.22. The summed E-state index contributed by atoms with van der Waals surface area (Å²) in [6.07, 6.45) is 5.40. The molecule has 1 aromatic heterocycles. The van der Waals surface area contributed by atoms with Crippen LogP contribution in [0.25, 0.3) is 17.3 Å². The van der Waals surface area contributed by atoms with Gasteiger partial charge in [-0.15, -0.1) is 0 Å². The first kappa shape index (κ1) is 24.6. The number of sulfonamides is 1. The van der Waals surface area contributed by atoms with E-state index in [1.165, 1.54) is 12.1 Å². The van der Waals surface area contributed by atoms with Crippen LogP contribution in [0.15, 0.2) is 53.6 Å². The quantitative estimate of drug-likeness (QED) is 0.460. The van der Waals surface area contributed by atoms with Gasteiger partial charge in [0.05, 0.1) is 21.8 Å². The highest BCUT2D eigenvalue weighted by Gasteiger charge is 2.27. The van der Waals surface area contributed by atoms with Gasteiger partial charge in [0.1, 0.15) is 5.82 Å². The first-order valence-electron chi connectivity index (χ1n) is 11.4. The van der Waals surface area contributed by atoms with E-state index >= 15 is 0 Å². The Labute approximate surface area is 203 Å². The molecular formula is C25H27FN4O4S. The van der Waals surface area contributed by atoms with Gasteiger partial charge in [-0.2, -0.15) is 5.10 Å². The Hall–Kier alpha value is -3.50. The van der Waals surface area contributed by atoms with Crippen LogP contribution in [-0.4, -0.2) is 53.8 Å². The van der Waals surface area contributed by atoms with E-state index in [2.05, 4.69) is 14.7 Å². The summed E-state index contributed by atoms with van der Waals surface area (Å²) < 4.78 is 44.9. The van der Waals surface area contributed by atoms with Crippen LogP contribution < -0.4 is 4.72 Å². The Bertz CT molecular complexity index is 1390. The van der Waals surface area contributed by atoms with Crippen molar-refractivity contribution in [3.05, 3.63) is 71.2 Å². The maximum absolute atomic E-state index is 14.0. The molecule has 4 rings (SSSR count). The molecule has 0 spiro atoms. The Kier molecular flexibility index (Phi) is 7.04. The number of benzene rings is 2. The Morgan fingerprint density at radius 3 is 2.71 bits per heavy atom. The molecule has 35 heavy (non-hydrogen) atoms. The number of aromatic carboxylic acids is 1. The maximum atomic E-state index is 14.0. The van der Waals surface area contributed by atoms with Crippen LogP contribution in [0.1, 0.15) is 35.3 Å². The standard InChI is InChI=1S/C25H27FN4O4S/c1-3-29(4-2)14-5-6-17-16-18(26)7-10-23(17)35(33,34)28-21-9-8-19-20(24(21)25(31)32)12-15-30-22(19)11-13-27-30/h5-11,13,16,28H,3-4,12,14-15H2,1-2H3,(H,31,32)/b6-5-. The van der Waals surface area contributed by atoms with Gasteiger partial charge in [-0.05, 0) is 61.0 Å². The van der Waals surface area contributed by atoms with E-state index < -0.39 is 21.8 Å². The molecule has 0 saturated heterocycles. The number of aryl methyl sites for hydroxylation is 1. The minimum Gasteiger partial charge on any atom is -0.478 e. The Balaban J connectivity index is 1.72. The number of fused-ring (bicyclic) bond motifs is 3. The molecule has 8 nitrogen and oxygen atoms in total. The zero-order chi connectivity index (χ0) is 25.2. The summed E-state index contributed by atoms with van der Waals surface area (Å²) in [6, 6.07) is 8.35. The number of carboxylic acid groups (broad SMARTS) is 1. The number of hydrogen-bond donors (Lipinski definition) is 2. The number of carboxylic acids is 1. The van der Waals surface area contributed by atoms with Crippen LogP contribution >= 0.6 is 0 Å². The number of nitrogens with one attached hydrogen (secondary N) is 1. The summed E-state index contributed by atoms with van der Waals surface area (Å²) in [5.41, 5.74) is 2.08. The van der Waals surface area contributed by atoms with E-state index in [9.17, 15) is 22.7 Å². The molecule has 0 unspecified atom stereocenters. The van der Waals surface area contributed by atoms with E-state index in [-0.39, 0.29) is 21.7 Å². The fourth-order valence-corrected chi connectivity index (χ4v) is 5.59. The van der Waals surface area contributed by atoms with Crippen molar-refractivity contribution in [3.63, 3.8) is 0 Å². The highest BCUT2D eigenvalue weighted by molar-refractivity contribution is 7.92. The van der Waals surface area contributed by atoms with Gasteiger partial charge in [0.15, 0.2) is 0 Å². The van der Waals surface area contributed by atoms with Crippen molar-refractivity contribution < 1.29 is 22.7 Å². The topological polar surface area (TPSA) is 105 Å². The number of rotatable bonds is 9. The molecule has 2 aromatic carbocycles. The van der Waals surface area contributed by atoms with E-state index in [1.807, 2.05) is 13.8 Å². The molecule has 0 fully saturated rings. The second kappa shape index (κ2) is 10.0. The number of anilines is 1. The first-order chi connectivity index (χ1) is 16.7. The predicted octanol–water partition coefficient (Wildman–Crippen LogP) is 4.10. The van der Waals surface area contributed by atoms with Crippen molar-refractivity contribution in [1.82, 2.24) is 14.7 Å². The lowest BCUT2D eigenvalue weighted by atomic mass is 9.92. The van der Waals surface area contributed by atoms with Crippen LogP contribution in [0.2, 0.25) is 0 Å². The van der Waals surface area contributed by atoms with Gasteiger partial charge >= 0.3 is 5.97 Å². The summed E-state index contributed by atoms with van der Waals surface area (Å²) >= 11 is 0. The van der Waals surface area contributed by atoms with Gasteiger partial charge in [-0.1, -0.05) is 32.1 Å². The lowest BCUT2D eigenvalue weighted by Gasteiger charge is -2.22. The van der Waals surface area contributed by atoms with Crippen LogP contribution in [-0.2, 0) is 23.0 Å². The van der Waals surface area contributed by atoms with Gasteiger partial charge in [0, 0.05) is 24.8 Å². The van der Waals surface area contributed by atoms with Crippen molar-refractivity contribution in [3.8, 4) is 11.3 Å². The average molecular weight is 499 g/mol. The Morgan fingerprint density at radius 2 is 2.00 bits per heavy atom. The zero-order valence-electron chi connectivity index (χ0n) is 19.5. The second-order valence-corrected chi connectivity index (χ2v) is 9.84. The number of hydrogen-bond acceptors (Lipinski definition) is 5. The van der Waals surface area contributed by atoms with E-state index in [0.717, 1.165) is 30.9 Å². The van der Waals surface area contributed by atoms with E-state index in [4.69, 9.17) is 0 Å².